The average Bonchev–Trinajstić information content (AvgIpc) is 3.03. The van der Waals surface area contributed by atoms with Gasteiger partial charge in [0.25, 0.3) is 5.91 Å². The minimum absolute atomic E-state index is 0.128. The van der Waals surface area contributed by atoms with Crippen molar-refractivity contribution in [1.29, 1.82) is 0 Å². The molecule has 1 aliphatic carbocycles. The third kappa shape index (κ3) is 3.89. The number of aliphatic carboxylic acids is 1. The highest BCUT2D eigenvalue weighted by atomic mass is 32.2. The molecule has 0 bridgehead atoms. The zero-order valence-corrected chi connectivity index (χ0v) is 19.4. The van der Waals surface area contributed by atoms with Gasteiger partial charge in [0, 0.05) is 10.3 Å². The van der Waals surface area contributed by atoms with Crippen molar-refractivity contribution in [2.75, 3.05) is 0 Å². The molecule has 1 aromatic rings. The second-order valence-electron chi connectivity index (χ2n) is 8.82. The molecule has 0 aromatic heterocycles. The van der Waals surface area contributed by atoms with Crippen LogP contribution in [0.1, 0.15) is 25.3 Å². The first-order valence-corrected chi connectivity index (χ1v) is 11.4. The molecule has 3 amide bonds. The van der Waals surface area contributed by atoms with Crippen molar-refractivity contribution in [2.24, 2.45) is 5.73 Å². The Morgan fingerprint density at radius 2 is 1.69 bits per heavy atom. The first kappa shape index (κ1) is 24.2. The maximum Gasteiger partial charge on any atom is 0.327 e. The Bertz CT molecular complexity index is 1250. The van der Waals surface area contributed by atoms with Gasteiger partial charge in [0.15, 0.2) is 11.6 Å². The van der Waals surface area contributed by atoms with Crippen LogP contribution in [0.5, 0.6) is 5.75 Å². The molecule has 11 nitrogen and oxygen atoms in total. The average molecular weight is 500 g/mol. The Kier molecular flexibility index (Phi) is 5.79. The van der Waals surface area contributed by atoms with Crippen LogP contribution in [0, 0.1) is 0 Å². The summed E-state index contributed by atoms with van der Waals surface area (Å²) in [6.45, 7) is 3.37. The summed E-state index contributed by atoms with van der Waals surface area (Å²) in [4.78, 5) is 76.5. The number of β-lactam (4-membered cyclic amide) rings is 1. The number of benzene rings is 1. The van der Waals surface area contributed by atoms with Crippen molar-refractivity contribution >= 4 is 47.0 Å². The van der Waals surface area contributed by atoms with Crippen molar-refractivity contribution in [3.63, 3.8) is 0 Å². The number of aromatic hydroxyl groups is 1. The Hall–Kier alpha value is -3.93. The Morgan fingerprint density at radius 3 is 2.26 bits per heavy atom. The number of carbonyl (C=O) groups excluding carboxylic acids is 5. The predicted octanol–water partition coefficient (Wildman–Crippen LogP) is -0.403. The molecule has 0 radical (unpaired) electrons. The van der Waals surface area contributed by atoms with Gasteiger partial charge in [-0.05, 0) is 43.7 Å². The molecule has 3 aliphatic rings. The number of carboxylic acid groups (broad SMARTS) is 1. The first-order chi connectivity index (χ1) is 16.3. The number of hydrogen-bond donors (Lipinski definition) is 4. The highest BCUT2D eigenvalue weighted by Crippen LogP contribution is 2.51. The molecular formula is C23H21N3O8S. The number of carboxylic acids is 1. The van der Waals surface area contributed by atoms with Crippen LogP contribution in [0.2, 0.25) is 0 Å². The highest BCUT2D eigenvalue weighted by Gasteiger charge is 2.64. The summed E-state index contributed by atoms with van der Waals surface area (Å²) < 4.78 is -0.819. The zero-order chi connectivity index (χ0) is 25.8. The van der Waals surface area contributed by atoms with E-state index >= 15 is 0 Å². The van der Waals surface area contributed by atoms with Crippen molar-refractivity contribution in [1.82, 2.24) is 10.2 Å². The van der Waals surface area contributed by atoms with Gasteiger partial charge < -0.3 is 26.2 Å². The molecule has 2 fully saturated rings. The van der Waals surface area contributed by atoms with Crippen molar-refractivity contribution in [3.8, 4) is 5.75 Å². The van der Waals surface area contributed by atoms with Crippen LogP contribution in [0.15, 0.2) is 47.6 Å². The van der Waals surface area contributed by atoms with Crippen molar-refractivity contribution < 1.29 is 39.0 Å². The molecule has 0 spiro atoms. The maximum atomic E-state index is 13.5. The number of amides is 3. The third-order valence-electron chi connectivity index (χ3n) is 6.16. The number of allylic oxidation sites excluding steroid dienone is 2. The SMILES string of the molecule is CC1(C)S[C@@H]2[C@H](NC(=O)[C@@H](C3=C(C(N)=O)C(=O)C=CC3=O)c3ccc(O)cc3)C(=O)N2[C@H]1C(=O)O. The van der Waals surface area contributed by atoms with Gasteiger partial charge in [-0.25, -0.2) is 4.79 Å². The lowest BCUT2D eigenvalue weighted by atomic mass is 9.80. The fourth-order valence-electron chi connectivity index (χ4n) is 4.62. The van der Waals surface area contributed by atoms with Gasteiger partial charge in [-0.1, -0.05) is 12.1 Å². The predicted molar refractivity (Wildman–Crippen MR) is 122 cm³/mol. The third-order valence-corrected chi connectivity index (χ3v) is 7.74. The van der Waals surface area contributed by atoms with Gasteiger partial charge in [-0.3, -0.25) is 24.0 Å². The van der Waals surface area contributed by atoms with E-state index in [1.807, 2.05) is 0 Å². The van der Waals surface area contributed by atoms with Crippen molar-refractivity contribution in [3.05, 3.63) is 53.1 Å². The number of fused-ring (bicyclic) bond motifs is 1. The number of ketones is 2. The Balaban J connectivity index is 1.72. The quantitative estimate of drug-likeness (QED) is 0.230. The maximum absolute atomic E-state index is 13.5. The van der Waals surface area contributed by atoms with Crippen LogP contribution >= 0.6 is 11.8 Å². The lowest BCUT2D eigenvalue weighted by molar-refractivity contribution is -0.161. The van der Waals surface area contributed by atoms with Crippen LogP contribution in [-0.2, 0) is 28.8 Å². The Morgan fingerprint density at radius 1 is 1.09 bits per heavy atom. The molecule has 12 heteroatoms. The molecule has 0 unspecified atom stereocenters. The van der Waals surface area contributed by atoms with E-state index in [1.165, 1.54) is 40.9 Å². The molecule has 1 aromatic carbocycles. The van der Waals surface area contributed by atoms with E-state index in [1.54, 1.807) is 13.8 Å². The molecule has 2 aliphatic heterocycles. The fourth-order valence-corrected chi connectivity index (χ4v) is 6.24. The van der Waals surface area contributed by atoms with E-state index in [4.69, 9.17) is 5.73 Å². The number of nitrogens with two attached hydrogens (primary N) is 1. The minimum atomic E-state index is -1.50. The zero-order valence-electron chi connectivity index (χ0n) is 18.6. The summed E-state index contributed by atoms with van der Waals surface area (Å²) in [5, 5.41) is 21.1. The topological polar surface area (TPSA) is 184 Å². The molecule has 4 rings (SSSR count). The Labute approximate surface area is 203 Å². The second kappa shape index (κ2) is 8.38. The van der Waals surface area contributed by atoms with E-state index in [9.17, 15) is 39.0 Å². The fraction of sp³-hybridized carbons (Fsp3) is 0.304. The van der Waals surface area contributed by atoms with Gasteiger partial charge >= 0.3 is 5.97 Å². The summed E-state index contributed by atoms with van der Waals surface area (Å²) in [6.07, 6.45) is 1.81. The normalized spacial score (nSPS) is 25.7. The number of primary amides is 1. The molecule has 4 atom stereocenters. The molecule has 182 valence electrons. The highest BCUT2D eigenvalue weighted by molar-refractivity contribution is 8.01. The van der Waals surface area contributed by atoms with Crippen LogP contribution in [0.3, 0.4) is 0 Å². The molecule has 5 N–H and O–H groups in total. The first-order valence-electron chi connectivity index (χ1n) is 10.5. The second-order valence-corrected chi connectivity index (χ2v) is 10.6. The van der Waals surface area contributed by atoms with Gasteiger partial charge in [0.05, 0.1) is 11.5 Å². The minimum Gasteiger partial charge on any atom is -0.508 e. The summed E-state index contributed by atoms with van der Waals surface area (Å²) in [5.74, 6) is -7.08. The number of phenols is 1. The largest absolute Gasteiger partial charge is 0.508 e. The summed E-state index contributed by atoms with van der Waals surface area (Å²) in [7, 11) is 0. The molecule has 35 heavy (non-hydrogen) atoms. The monoisotopic (exact) mass is 499 g/mol. The number of phenolic OH excluding ortho intramolecular Hbond substituents is 1. The summed E-state index contributed by atoms with van der Waals surface area (Å²) in [6, 6.07) is 3.02. The summed E-state index contributed by atoms with van der Waals surface area (Å²) >= 11 is 1.22. The van der Waals surface area contributed by atoms with Crippen molar-refractivity contribution in [2.45, 2.75) is 42.0 Å². The number of nitrogens with zero attached hydrogens (tertiary/aromatic N) is 1. The van der Waals surface area contributed by atoms with Gasteiger partial charge in [-0.2, -0.15) is 0 Å². The number of thioether (sulfide) groups is 1. The number of carbonyl (C=O) groups is 6. The summed E-state index contributed by atoms with van der Waals surface area (Å²) in [5.41, 5.74) is 4.43. The van der Waals surface area contributed by atoms with Crippen LogP contribution in [0.25, 0.3) is 0 Å². The smallest absolute Gasteiger partial charge is 0.327 e. The van der Waals surface area contributed by atoms with Gasteiger partial charge in [0.2, 0.25) is 11.8 Å². The van der Waals surface area contributed by atoms with E-state index in [-0.39, 0.29) is 11.3 Å². The standard InChI is InChI=1S/C23H21N3O8S/c1-23(2)17(22(33)34)26-20(32)16(21(26)35-23)25-19(31)13(9-3-5-10(27)6-4-9)14-11(28)7-8-12(29)15(14)18(24)30/h3-8,13,16-17,21,27H,1-2H3,(H2,24,30)(H,25,31)(H,33,34)/t13-,16-,17+,21-/m1/s1. The van der Waals surface area contributed by atoms with Crippen LogP contribution in [-0.4, -0.2) is 72.6 Å². The lowest BCUT2D eigenvalue weighted by Crippen LogP contribution is -2.71. The number of hydrogen-bond acceptors (Lipinski definition) is 8. The van der Waals surface area contributed by atoms with E-state index in [2.05, 4.69) is 5.32 Å². The molecule has 2 saturated heterocycles. The van der Waals surface area contributed by atoms with E-state index in [0.29, 0.717) is 0 Å². The molecule has 2 heterocycles. The van der Waals surface area contributed by atoms with Gasteiger partial charge in [-0.15, -0.1) is 11.8 Å². The lowest BCUT2D eigenvalue weighted by Gasteiger charge is -2.44. The van der Waals surface area contributed by atoms with Crippen LogP contribution in [0.4, 0.5) is 0 Å². The molecular weight excluding hydrogens is 478 g/mol. The van der Waals surface area contributed by atoms with Gasteiger partial charge in [0.1, 0.15) is 23.2 Å². The number of rotatable bonds is 6. The molecule has 0 saturated carbocycles. The number of nitrogens with one attached hydrogen (secondary N) is 1. The van der Waals surface area contributed by atoms with E-state index in [0.717, 1.165) is 12.2 Å². The van der Waals surface area contributed by atoms with Crippen LogP contribution < -0.4 is 11.1 Å². The van der Waals surface area contributed by atoms with E-state index < -0.39 is 74.5 Å².